The van der Waals surface area contributed by atoms with Gasteiger partial charge in [-0.05, 0) is 36.6 Å². The number of hydrogen-bond donors (Lipinski definition) is 2. The standard InChI is InChI=1S/C18H22N4O3/c1-11(2)13-10-14(21-20-13)18(24)19-12-6-7-16(25-3)15(9-12)22-8-4-5-17(22)23/h6-7,9-11H,4-5,8H2,1-3H3,(H,19,24)(H,20,21). The number of carbonyl (C=O) groups excluding carboxylic acids is 2. The zero-order valence-electron chi connectivity index (χ0n) is 14.6. The fourth-order valence-corrected chi connectivity index (χ4v) is 2.83. The van der Waals surface area contributed by atoms with Crippen LogP contribution in [0.1, 0.15) is 48.8 Å². The number of anilines is 2. The van der Waals surface area contributed by atoms with Crippen molar-refractivity contribution in [2.45, 2.75) is 32.6 Å². The Kier molecular flexibility index (Phi) is 4.74. The van der Waals surface area contributed by atoms with Crippen LogP contribution in [0.25, 0.3) is 0 Å². The number of carbonyl (C=O) groups is 2. The number of hydrogen-bond acceptors (Lipinski definition) is 4. The normalized spacial score (nSPS) is 14.2. The summed E-state index contributed by atoms with van der Waals surface area (Å²) in [5, 5.41) is 9.75. The average molecular weight is 342 g/mol. The first-order chi connectivity index (χ1) is 12.0. The number of nitrogens with one attached hydrogen (secondary N) is 2. The van der Waals surface area contributed by atoms with Crippen LogP contribution in [0.5, 0.6) is 5.75 Å². The van der Waals surface area contributed by atoms with Crippen LogP contribution in [0.3, 0.4) is 0 Å². The minimum absolute atomic E-state index is 0.0654. The summed E-state index contributed by atoms with van der Waals surface area (Å²) >= 11 is 0. The van der Waals surface area contributed by atoms with E-state index in [1.165, 1.54) is 0 Å². The summed E-state index contributed by atoms with van der Waals surface area (Å²) in [5.74, 6) is 0.639. The minimum atomic E-state index is -0.299. The van der Waals surface area contributed by atoms with Crippen LogP contribution >= 0.6 is 0 Å². The topological polar surface area (TPSA) is 87.3 Å². The highest BCUT2D eigenvalue weighted by Crippen LogP contribution is 2.34. The molecule has 0 saturated carbocycles. The highest BCUT2D eigenvalue weighted by Gasteiger charge is 2.25. The van der Waals surface area contributed by atoms with E-state index in [0.717, 1.165) is 12.1 Å². The molecule has 1 aliphatic rings. The van der Waals surface area contributed by atoms with E-state index < -0.39 is 0 Å². The molecule has 3 rings (SSSR count). The van der Waals surface area contributed by atoms with Crippen molar-refractivity contribution >= 4 is 23.2 Å². The number of aromatic amines is 1. The van der Waals surface area contributed by atoms with Crippen molar-refractivity contribution in [3.63, 3.8) is 0 Å². The molecule has 0 aliphatic carbocycles. The summed E-state index contributed by atoms with van der Waals surface area (Å²) in [7, 11) is 1.56. The maximum Gasteiger partial charge on any atom is 0.276 e. The molecule has 1 aliphatic heterocycles. The molecule has 0 bridgehead atoms. The molecule has 2 aromatic rings. The molecule has 1 saturated heterocycles. The lowest BCUT2D eigenvalue weighted by atomic mass is 10.1. The van der Waals surface area contributed by atoms with Crippen molar-refractivity contribution in [3.05, 3.63) is 35.7 Å². The molecule has 0 unspecified atom stereocenters. The summed E-state index contributed by atoms with van der Waals surface area (Å²) in [4.78, 5) is 26.1. The SMILES string of the molecule is COc1ccc(NC(=O)c2cc(C(C)C)[nH]n2)cc1N1CCCC1=O. The van der Waals surface area contributed by atoms with Crippen LogP contribution in [0.15, 0.2) is 24.3 Å². The molecule has 7 nitrogen and oxygen atoms in total. The Hall–Kier alpha value is -2.83. The Morgan fingerprint density at radius 1 is 1.36 bits per heavy atom. The second-order valence-corrected chi connectivity index (χ2v) is 6.35. The molecule has 1 aromatic carbocycles. The molecule has 0 spiro atoms. The number of nitrogens with zero attached hydrogens (tertiary/aromatic N) is 2. The molecule has 1 fully saturated rings. The highest BCUT2D eigenvalue weighted by atomic mass is 16.5. The van der Waals surface area contributed by atoms with E-state index in [1.54, 1.807) is 36.3 Å². The van der Waals surface area contributed by atoms with Crippen molar-refractivity contribution in [2.24, 2.45) is 0 Å². The second-order valence-electron chi connectivity index (χ2n) is 6.35. The maximum absolute atomic E-state index is 12.4. The largest absolute Gasteiger partial charge is 0.495 e. The van der Waals surface area contributed by atoms with Gasteiger partial charge in [-0.3, -0.25) is 14.7 Å². The van der Waals surface area contributed by atoms with E-state index in [2.05, 4.69) is 15.5 Å². The number of methoxy groups -OCH3 is 1. The Balaban J connectivity index is 1.82. The first-order valence-corrected chi connectivity index (χ1v) is 8.34. The van der Waals surface area contributed by atoms with Gasteiger partial charge >= 0.3 is 0 Å². The smallest absolute Gasteiger partial charge is 0.276 e. The van der Waals surface area contributed by atoms with E-state index in [0.29, 0.717) is 35.8 Å². The molecule has 0 radical (unpaired) electrons. The molecule has 0 atom stereocenters. The molecule has 2 heterocycles. The summed E-state index contributed by atoms with van der Waals surface area (Å²) < 4.78 is 5.36. The lowest BCUT2D eigenvalue weighted by molar-refractivity contribution is -0.117. The predicted molar refractivity (Wildman–Crippen MR) is 95.2 cm³/mol. The van der Waals surface area contributed by atoms with Crippen molar-refractivity contribution in [1.29, 1.82) is 0 Å². The van der Waals surface area contributed by atoms with Gasteiger partial charge in [0.25, 0.3) is 5.91 Å². The van der Waals surface area contributed by atoms with Crippen LogP contribution in [-0.4, -0.2) is 35.7 Å². The van der Waals surface area contributed by atoms with Crippen LogP contribution in [0.4, 0.5) is 11.4 Å². The summed E-state index contributed by atoms with van der Waals surface area (Å²) in [6.45, 7) is 4.71. The maximum atomic E-state index is 12.4. The van der Waals surface area contributed by atoms with Gasteiger partial charge in [0.2, 0.25) is 5.91 Å². The lowest BCUT2D eigenvalue weighted by Gasteiger charge is -2.20. The number of ether oxygens (including phenoxy) is 1. The summed E-state index contributed by atoms with van der Waals surface area (Å²) in [6.07, 6.45) is 1.36. The van der Waals surface area contributed by atoms with Crippen molar-refractivity contribution in [2.75, 3.05) is 23.9 Å². The predicted octanol–water partition coefficient (Wildman–Crippen LogP) is 2.92. The van der Waals surface area contributed by atoms with Gasteiger partial charge in [0, 0.05) is 24.3 Å². The number of benzene rings is 1. The van der Waals surface area contributed by atoms with E-state index in [-0.39, 0.29) is 17.7 Å². The van der Waals surface area contributed by atoms with Crippen LogP contribution in [0.2, 0.25) is 0 Å². The van der Waals surface area contributed by atoms with Crippen LogP contribution in [-0.2, 0) is 4.79 Å². The Labute approximate surface area is 146 Å². The zero-order chi connectivity index (χ0) is 18.0. The fourth-order valence-electron chi connectivity index (χ4n) is 2.83. The summed E-state index contributed by atoms with van der Waals surface area (Å²) in [5.41, 5.74) is 2.50. The van der Waals surface area contributed by atoms with Gasteiger partial charge in [-0.1, -0.05) is 13.8 Å². The molecule has 132 valence electrons. The summed E-state index contributed by atoms with van der Waals surface area (Å²) in [6, 6.07) is 7.00. The monoisotopic (exact) mass is 342 g/mol. The Bertz CT molecular complexity index is 797. The first kappa shape index (κ1) is 17.0. The van der Waals surface area contributed by atoms with Crippen molar-refractivity contribution < 1.29 is 14.3 Å². The number of amides is 2. The molecule has 2 N–H and O–H groups in total. The van der Waals surface area contributed by atoms with E-state index in [4.69, 9.17) is 4.74 Å². The van der Waals surface area contributed by atoms with Crippen molar-refractivity contribution in [1.82, 2.24) is 10.2 Å². The van der Waals surface area contributed by atoms with Crippen LogP contribution < -0.4 is 15.0 Å². The minimum Gasteiger partial charge on any atom is -0.495 e. The number of aromatic nitrogens is 2. The fraction of sp³-hybridized carbons (Fsp3) is 0.389. The van der Waals surface area contributed by atoms with E-state index in [1.807, 2.05) is 13.8 Å². The molecule has 25 heavy (non-hydrogen) atoms. The van der Waals surface area contributed by atoms with Crippen molar-refractivity contribution in [3.8, 4) is 5.75 Å². The highest BCUT2D eigenvalue weighted by molar-refractivity contribution is 6.04. The van der Waals surface area contributed by atoms with Gasteiger partial charge in [0.1, 0.15) is 5.75 Å². The zero-order valence-corrected chi connectivity index (χ0v) is 14.6. The molecule has 7 heteroatoms. The van der Waals surface area contributed by atoms with E-state index >= 15 is 0 Å². The van der Waals surface area contributed by atoms with Crippen LogP contribution in [0, 0.1) is 0 Å². The van der Waals surface area contributed by atoms with Gasteiger partial charge in [-0.2, -0.15) is 5.10 Å². The average Bonchev–Trinajstić information content (AvgIpc) is 3.24. The van der Waals surface area contributed by atoms with Gasteiger partial charge in [0.05, 0.1) is 12.8 Å². The lowest BCUT2D eigenvalue weighted by Crippen LogP contribution is -2.24. The molecular formula is C18H22N4O3. The molecular weight excluding hydrogens is 320 g/mol. The number of H-pyrrole nitrogens is 1. The third kappa shape index (κ3) is 3.50. The first-order valence-electron chi connectivity index (χ1n) is 8.34. The van der Waals surface area contributed by atoms with Gasteiger partial charge < -0.3 is 15.0 Å². The molecule has 2 amide bonds. The van der Waals surface area contributed by atoms with Gasteiger partial charge in [-0.15, -0.1) is 0 Å². The quantitative estimate of drug-likeness (QED) is 0.874. The van der Waals surface area contributed by atoms with E-state index in [9.17, 15) is 9.59 Å². The Morgan fingerprint density at radius 2 is 2.16 bits per heavy atom. The second kappa shape index (κ2) is 6.96. The number of rotatable bonds is 5. The third-order valence-electron chi connectivity index (χ3n) is 4.25. The third-order valence-corrected chi connectivity index (χ3v) is 4.25. The van der Waals surface area contributed by atoms with Gasteiger partial charge in [0.15, 0.2) is 5.69 Å². The van der Waals surface area contributed by atoms with Gasteiger partial charge in [-0.25, -0.2) is 0 Å². The molecule has 1 aromatic heterocycles. The Morgan fingerprint density at radius 3 is 2.76 bits per heavy atom.